The molecule has 1 unspecified atom stereocenters. The number of aryl methyl sites for hydroxylation is 1. The van der Waals surface area contributed by atoms with Gasteiger partial charge in [-0.05, 0) is 37.6 Å². The van der Waals surface area contributed by atoms with Gasteiger partial charge in [0.15, 0.2) is 14.9 Å². The van der Waals surface area contributed by atoms with Crippen molar-refractivity contribution in [3.63, 3.8) is 0 Å². The minimum Gasteiger partial charge on any atom is -0.376 e. The van der Waals surface area contributed by atoms with Crippen molar-refractivity contribution in [2.24, 2.45) is 0 Å². The summed E-state index contributed by atoms with van der Waals surface area (Å²) in [6.45, 7) is 4.22. The lowest BCUT2D eigenvalue weighted by atomic mass is 10.2. The molecule has 2 aromatic heterocycles. The highest BCUT2D eigenvalue weighted by Gasteiger charge is 2.11. The molecule has 0 saturated carbocycles. The lowest BCUT2D eigenvalue weighted by Crippen LogP contribution is -2.06. The molecule has 2 aromatic rings. The highest BCUT2D eigenvalue weighted by atomic mass is 32.2. The summed E-state index contributed by atoms with van der Waals surface area (Å²) < 4.78 is 22.7. The quantitative estimate of drug-likeness (QED) is 0.920. The number of rotatable bonds is 5. The molecule has 108 valence electrons. The summed E-state index contributed by atoms with van der Waals surface area (Å²) in [6.07, 6.45) is 3.76. The third kappa shape index (κ3) is 3.58. The summed E-state index contributed by atoms with van der Waals surface area (Å²) in [5.74, 6) is 0. The van der Waals surface area contributed by atoms with Crippen LogP contribution in [0.3, 0.4) is 0 Å². The Bertz CT molecular complexity index is 675. The van der Waals surface area contributed by atoms with Crippen LogP contribution in [0.5, 0.6) is 0 Å². The number of nitrogens with zero attached hydrogens (tertiary/aromatic N) is 1. The summed E-state index contributed by atoms with van der Waals surface area (Å²) in [5.41, 5.74) is 0.816. The van der Waals surface area contributed by atoms with E-state index in [1.807, 2.05) is 0 Å². The number of anilines is 1. The molecule has 2 rings (SSSR count). The van der Waals surface area contributed by atoms with Crippen molar-refractivity contribution in [1.82, 2.24) is 4.98 Å². The molecule has 0 spiro atoms. The molecule has 20 heavy (non-hydrogen) atoms. The second-order valence-corrected chi connectivity index (χ2v) is 7.84. The van der Waals surface area contributed by atoms with E-state index in [0.717, 1.165) is 18.4 Å². The topological polar surface area (TPSA) is 59.1 Å². The summed E-state index contributed by atoms with van der Waals surface area (Å²) in [5, 5.41) is 3.42. The van der Waals surface area contributed by atoms with Crippen LogP contribution in [0.2, 0.25) is 0 Å². The molecule has 0 bridgehead atoms. The number of hydrogen-bond donors (Lipinski definition) is 1. The molecule has 4 nitrogen and oxygen atoms in total. The van der Waals surface area contributed by atoms with Crippen LogP contribution in [0.4, 0.5) is 5.69 Å². The van der Waals surface area contributed by atoms with E-state index in [1.54, 1.807) is 23.6 Å². The summed E-state index contributed by atoms with van der Waals surface area (Å²) >= 11 is 1.79. The van der Waals surface area contributed by atoms with Crippen LogP contribution in [0.25, 0.3) is 0 Å². The summed E-state index contributed by atoms with van der Waals surface area (Å²) in [7, 11) is -3.24. The number of hydrogen-bond acceptors (Lipinski definition) is 5. The SMILES string of the molecule is CCc1ccc(C(C)Nc2ccc(S(C)(=O)=O)nc2)s1. The van der Waals surface area contributed by atoms with Crippen LogP contribution in [0.15, 0.2) is 35.5 Å². The minimum atomic E-state index is -3.24. The zero-order valence-corrected chi connectivity index (χ0v) is 13.4. The molecule has 0 saturated heterocycles. The van der Waals surface area contributed by atoms with Crippen LogP contribution >= 0.6 is 11.3 Å². The number of nitrogens with one attached hydrogen (secondary N) is 1. The van der Waals surface area contributed by atoms with E-state index >= 15 is 0 Å². The van der Waals surface area contributed by atoms with E-state index in [0.29, 0.717) is 0 Å². The lowest BCUT2D eigenvalue weighted by Gasteiger charge is -2.13. The van der Waals surface area contributed by atoms with Crippen molar-refractivity contribution < 1.29 is 8.42 Å². The summed E-state index contributed by atoms with van der Waals surface area (Å²) in [6, 6.07) is 7.71. The maximum Gasteiger partial charge on any atom is 0.192 e. The molecular formula is C14H18N2O2S2. The second kappa shape index (κ2) is 5.93. The van der Waals surface area contributed by atoms with Gasteiger partial charge >= 0.3 is 0 Å². The predicted molar refractivity (Wildman–Crippen MR) is 83.1 cm³/mol. The number of thiophene rings is 1. The zero-order chi connectivity index (χ0) is 14.8. The van der Waals surface area contributed by atoms with E-state index in [9.17, 15) is 8.42 Å². The van der Waals surface area contributed by atoms with Gasteiger partial charge in [-0.1, -0.05) is 6.92 Å². The van der Waals surface area contributed by atoms with Gasteiger partial charge < -0.3 is 5.32 Å². The van der Waals surface area contributed by atoms with Crippen molar-refractivity contribution >= 4 is 26.9 Å². The average molecular weight is 310 g/mol. The van der Waals surface area contributed by atoms with E-state index in [2.05, 4.69) is 36.3 Å². The first-order valence-corrected chi connectivity index (χ1v) is 9.12. The van der Waals surface area contributed by atoms with Gasteiger partial charge in [-0.3, -0.25) is 0 Å². The Hall–Kier alpha value is -1.40. The minimum absolute atomic E-state index is 0.0973. The van der Waals surface area contributed by atoms with Crippen LogP contribution in [-0.2, 0) is 16.3 Å². The summed E-state index contributed by atoms with van der Waals surface area (Å²) in [4.78, 5) is 6.59. The molecule has 1 atom stereocenters. The van der Waals surface area contributed by atoms with Crippen molar-refractivity contribution in [2.75, 3.05) is 11.6 Å². The van der Waals surface area contributed by atoms with Gasteiger partial charge in [0, 0.05) is 16.0 Å². The first-order chi connectivity index (χ1) is 9.40. The first kappa shape index (κ1) is 15.0. The Balaban J connectivity index is 2.10. The highest BCUT2D eigenvalue weighted by molar-refractivity contribution is 7.90. The molecular weight excluding hydrogens is 292 g/mol. The lowest BCUT2D eigenvalue weighted by molar-refractivity contribution is 0.598. The van der Waals surface area contributed by atoms with Gasteiger partial charge in [0.05, 0.1) is 17.9 Å². The third-order valence-electron chi connectivity index (χ3n) is 2.96. The normalized spacial score (nSPS) is 13.2. The van der Waals surface area contributed by atoms with E-state index in [-0.39, 0.29) is 11.1 Å². The zero-order valence-electron chi connectivity index (χ0n) is 11.8. The van der Waals surface area contributed by atoms with Gasteiger partial charge in [-0.25, -0.2) is 13.4 Å². The largest absolute Gasteiger partial charge is 0.376 e. The molecule has 0 aromatic carbocycles. The Morgan fingerprint density at radius 1 is 1.30 bits per heavy atom. The van der Waals surface area contributed by atoms with Crippen LogP contribution in [-0.4, -0.2) is 19.7 Å². The molecule has 1 N–H and O–H groups in total. The predicted octanol–water partition coefficient (Wildman–Crippen LogP) is 3.28. The molecule has 0 amide bonds. The average Bonchev–Trinajstić information content (AvgIpc) is 2.87. The maximum atomic E-state index is 11.3. The fourth-order valence-electron chi connectivity index (χ4n) is 1.82. The van der Waals surface area contributed by atoms with E-state index in [1.165, 1.54) is 15.8 Å². The Morgan fingerprint density at radius 2 is 2.05 bits per heavy atom. The maximum absolute atomic E-state index is 11.3. The number of pyridine rings is 1. The Labute approximate surface area is 123 Å². The van der Waals surface area contributed by atoms with Gasteiger partial charge in [0.1, 0.15) is 0 Å². The van der Waals surface area contributed by atoms with Crippen molar-refractivity contribution in [3.8, 4) is 0 Å². The fraction of sp³-hybridized carbons (Fsp3) is 0.357. The highest BCUT2D eigenvalue weighted by Crippen LogP contribution is 2.26. The van der Waals surface area contributed by atoms with Crippen molar-refractivity contribution in [2.45, 2.75) is 31.3 Å². The molecule has 2 heterocycles. The van der Waals surface area contributed by atoms with Crippen molar-refractivity contribution in [3.05, 3.63) is 40.2 Å². The van der Waals surface area contributed by atoms with Gasteiger partial charge in [0.2, 0.25) is 0 Å². The van der Waals surface area contributed by atoms with Gasteiger partial charge in [0.25, 0.3) is 0 Å². The Kier molecular flexibility index (Phi) is 4.45. The molecule has 0 radical (unpaired) electrons. The van der Waals surface area contributed by atoms with Crippen LogP contribution in [0, 0.1) is 0 Å². The van der Waals surface area contributed by atoms with E-state index in [4.69, 9.17) is 0 Å². The van der Waals surface area contributed by atoms with Crippen LogP contribution < -0.4 is 5.32 Å². The third-order valence-corrected chi connectivity index (χ3v) is 5.37. The molecule has 0 aliphatic carbocycles. The number of aromatic nitrogens is 1. The Morgan fingerprint density at radius 3 is 2.55 bits per heavy atom. The molecule has 0 aliphatic heterocycles. The molecule has 0 aliphatic rings. The monoisotopic (exact) mass is 310 g/mol. The second-order valence-electron chi connectivity index (χ2n) is 4.68. The standard InChI is InChI=1S/C14H18N2O2S2/c1-4-12-6-7-13(19-12)10(2)16-11-5-8-14(15-9-11)20(3,17)18/h5-10,16H,4H2,1-3H3. The van der Waals surface area contributed by atoms with Crippen molar-refractivity contribution in [1.29, 1.82) is 0 Å². The van der Waals surface area contributed by atoms with Crippen LogP contribution in [0.1, 0.15) is 29.6 Å². The smallest absolute Gasteiger partial charge is 0.192 e. The number of sulfone groups is 1. The molecule has 0 fully saturated rings. The molecule has 6 heteroatoms. The first-order valence-electron chi connectivity index (χ1n) is 6.41. The van der Waals surface area contributed by atoms with Gasteiger partial charge in [-0.15, -0.1) is 11.3 Å². The van der Waals surface area contributed by atoms with Gasteiger partial charge in [-0.2, -0.15) is 0 Å². The fourth-order valence-corrected chi connectivity index (χ4v) is 3.34. The van der Waals surface area contributed by atoms with E-state index < -0.39 is 9.84 Å².